The van der Waals surface area contributed by atoms with Crippen molar-refractivity contribution >= 4 is 17.3 Å². The van der Waals surface area contributed by atoms with Gasteiger partial charge < -0.3 is 27.0 Å². The molecule has 0 spiro atoms. The van der Waals surface area contributed by atoms with Crippen molar-refractivity contribution in [1.29, 1.82) is 0 Å². The zero-order chi connectivity index (χ0) is 13.1. The number of nitrogens with one attached hydrogen (secondary N) is 1. The van der Waals surface area contributed by atoms with Crippen LogP contribution in [-0.2, 0) is 0 Å². The fourth-order valence-electron chi connectivity index (χ4n) is 1.21. The maximum absolute atomic E-state index is 11.7. The summed E-state index contributed by atoms with van der Waals surface area (Å²) < 4.78 is 0. The van der Waals surface area contributed by atoms with Gasteiger partial charge in [-0.2, -0.15) is 0 Å². The van der Waals surface area contributed by atoms with Crippen LogP contribution in [0.25, 0.3) is 0 Å². The first-order chi connectivity index (χ1) is 7.85. The van der Waals surface area contributed by atoms with Crippen LogP contribution < -0.4 is 16.8 Å². The van der Waals surface area contributed by atoms with Crippen LogP contribution in [0.3, 0.4) is 0 Å². The van der Waals surface area contributed by atoms with Gasteiger partial charge in [-0.25, -0.2) is 0 Å². The number of nitrogens with two attached hydrogens (primary N) is 2. The molecule has 1 unspecified atom stereocenters. The van der Waals surface area contributed by atoms with Crippen LogP contribution in [0.4, 0.5) is 11.4 Å². The van der Waals surface area contributed by atoms with Gasteiger partial charge in [0.05, 0.1) is 12.2 Å². The van der Waals surface area contributed by atoms with E-state index in [2.05, 4.69) is 5.32 Å². The third-order valence-corrected chi connectivity index (χ3v) is 2.29. The second kappa shape index (κ2) is 5.03. The Kier molecular flexibility index (Phi) is 3.93. The largest absolute Gasteiger partial charge is 0.399 e. The number of aliphatic hydroxyl groups excluding tert-OH is 1. The van der Waals surface area contributed by atoms with Crippen LogP contribution in [-0.4, -0.2) is 34.9 Å². The molecule has 1 atom stereocenters. The van der Waals surface area contributed by atoms with Gasteiger partial charge in [0, 0.05) is 17.9 Å². The molecule has 0 aliphatic heterocycles. The molecular weight excluding hydrogens is 222 g/mol. The minimum Gasteiger partial charge on any atom is -0.399 e. The van der Waals surface area contributed by atoms with Gasteiger partial charge in [-0.15, -0.1) is 0 Å². The maximum Gasteiger partial charge on any atom is 0.253 e. The molecular formula is C11H17N3O3. The van der Waals surface area contributed by atoms with E-state index in [0.29, 0.717) is 5.69 Å². The first-order valence-electron chi connectivity index (χ1n) is 5.12. The molecule has 17 heavy (non-hydrogen) atoms. The summed E-state index contributed by atoms with van der Waals surface area (Å²) in [4.78, 5) is 11.7. The number of amides is 1. The lowest BCUT2D eigenvalue weighted by molar-refractivity contribution is 0.00321. The molecule has 0 aromatic heterocycles. The normalized spacial score (nSPS) is 14.1. The average Bonchev–Trinajstić information content (AvgIpc) is 2.26. The van der Waals surface area contributed by atoms with E-state index < -0.39 is 18.1 Å². The van der Waals surface area contributed by atoms with Crippen molar-refractivity contribution < 1.29 is 15.0 Å². The van der Waals surface area contributed by atoms with E-state index in [0.717, 1.165) is 0 Å². The van der Waals surface area contributed by atoms with Crippen LogP contribution in [0, 0.1) is 0 Å². The van der Waals surface area contributed by atoms with Gasteiger partial charge in [0.2, 0.25) is 0 Å². The van der Waals surface area contributed by atoms with E-state index in [1.807, 2.05) is 0 Å². The summed E-state index contributed by atoms with van der Waals surface area (Å²) >= 11 is 0. The summed E-state index contributed by atoms with van der Waals surface area (Å²) in [5.74, 6) is -0.420. The highest BCUT2D eigenvalue weighted by Crippen LogP contribution is 2.15. The Morgan fingerprint density at radius 1 is 1.47 bits per heavy atom. The lowest BCUT2D eigenvalue weighted by Gasteiger charge is -2.20. The fraction of sp³-hybridized carbons (Fsp3) is 0.364. The van der Waals surface area contributed by atoms with Crippen LogP contribution in [0.15, 0.2) is 18.2 Å². The van der Waals surface area contributed by atoms with Gasteiger partial charge in [-0.3, -0.25) is 4.79 Å². The average molecular weight is 239 g/mol. The second-order valence-corrected chi connectivity index (χ2v) is 4.18. The highest BCUT2D eigenvalue weighted by molar-refractivity contribution is 5.99. The number of aliphatic hydroxyl groups is 2. The molecule has 0 heterocycles. The van der Waals surface area contributed by atoms with Crippen LogP contribution in [0.2, 0.25) is 0 Å². The molecule has 0 saturated carbocycles. The predicted molar refractivity (Wildman–Crippen MR) is 65.3 cm³/mol. The van der Waals surface area contributed by atoms with Crippen molar-refractivity contribution in [2.75, 3.05) is 24.6 Å². The van der Waals surface area contributed by atoms with E-state index in [9.17, 15) is 9.90 Å². The highest BCUT2D eigenvalue weighted by atomic mass is 16.3. The molecule has 1 amide bonds. The van der Waals surface area contributed by atoms with E-state index in [1.165, 1.54) is 19.1 Å². The van der Waals surface area contributed by atoms with E-state index >= 15 is 0 Å². The zero-order valence-corrected chi connectivity index (χ0v) is 9.60. The summed E-state index contributed by atoms with van der Waals surface area (Å²) in [5, 5.41) is 20.8. The molecule has 6 nitrogen and oxygen atoms in total. The van der Waals surface area contributed by atoms with Crippen molar-refractivity contribution in [1.82, 2.24) is 5.32 Å². The Morgan fingerprint density at radius 2 is 2.12 bits per heavy atom. The van der Waals surface area contributed by atoms with Gasteiger partial charge in [-0.1, -0.05) is 0 Å². The van der Waals surface area contributed by atoms with E-state index in [-0.39, 0.29) is 17.8 Å². The van der Waals surface area contributed by atoms with Crippen LogP contribution in [0.5, 0.6) is 0 Å². The van der Waals surface area contributed by atoms with Crippen LogP contribution >= 0.6 is 0 Å². The Balaban J connectivity index is 2.71. The summed E-state index contributed by atoms with van der Waals surface area (Å²) in [6.07, 6.45) is 0. The number of anilines is 2. The smallest absolute Gasteiger partial charge is 0.253 e. The topological polar surface area (TPSA) is 122 Å². The summed E-state index contributed by atoms with van der Waals surface area (Å²) in [5.41, 5.74) is 10.8. The third-order valence-electron chi connectivity index (χ3n) is 2.29. The molecule has 1 aromatic rings. The molecule has 0 aliphatic carbocycles. The number of nitrogen functional groups attached to an aromatic ring is 2. The van der Waals surface area contributed by atoms with Gasteiger partial charge in [-0.05, 0) is 25.1 Å². The Bertz CT molecular complexity index is 418. The second-order valence-electron chi connectivity index (χ2n) is 4.18. The SMILES string of the molecule is CC(O)(CO)CNC(=O)c1ccc(N)cc1N. The minimum absolute atomic E-state index is 0.0633. The zero-order valence-electron chi connectivity index (χ0n) is 9.60. The van der Waals surface area contributed by atoms with Crippen LogP contribution in [0.1, 0.15) is 17.3 Å². The number of hydrogen-bond donors (Lipinski definition) is 5. The summed E-state index contributed by atoms with van der Waals surface area (Å²) in [6.45, 7) is 0.913. The third kappa shape index (κ3) is 3.61. The number of carbonyl (C=O) groups is 1. The van der Waals surface area contributed by atoms with Crippen molar-refractivity contribution in [3.63, 3.8) is 0 Å². The first kappa shape index (κ1) is 13.3. The highest BCUT2D eigenvalue weighted by Gasteiger charge is 2.20. The van der Waals surface area contributed by atoms with Crippen molar-refractivity contribution in [3.05, 3.63) is 23.8 Å². The molecule has 1 aromatic carbocycles. The number of carbonyl (C=O) groups excluding carboxylic acids is 1. The molecule has 0 aliphatic rings. The molecule has 94 valence electrons. The summed E-state index contributed by atoms with van der Waals surface area (Å²) in [7, 11) is 0. The van der Waals surface area contributed by atoms with Gasteiger partial charge in [0.1, 0.15) is 5.60 Å². The van der Waals surface area contributed by atoms with Gasteiger partial charge in [0.15, 0.2) is 0 Å². The lowest BCUT2D eigenvalue weighted by atomic mass is 10.1. The van der Waals surface area contributed by atoms with Crippen molar-refractivity contribution in [3.8, 4) is 0 Å². The maximum atomic E-state index is 11.7. The number of hydrogen-bond acceptors (Lipinski definition) is 5. The summed E-state index contributed by atoms with van der Waals surface area (Å²) in [6, 6.07) is 4.56. The Hall–Kier alpha value is -1.79. The Morgan fingerprint density at radius 3 is 2.65 bits per heavy atom. The molecule has 0 fully saturated rings. The fourth-order valence-corrected chi connectivity index (χ4v) is 1.21. The van der Waals surface area contributed by atoms with E-state index in [1.54, 1.807) is 6.07 Å². The molecule has 0 radical (unpaired) electrons. The van der Waals surface area contributed by atoms with E-state index in [4.69, 9.17) is 16.6 Å². The predicted octanol–water partition coefficient (Wildman–Crippen LogP) is -0.676. The quantitative estimate of drug-likeness (QED) is 0.446. The minimum atomic E-state index is -1.35. The molecule has 7 N–H and O–H groups in total. The van der Waals surface area contributed by atoms with Gasteiger partial charge in [0.25, 0.3) is 5.91 Å². The molecule has 1 rings (SSSR count). The number of rotatable bonds is 4. The number of benzene rings is 1. The molecule has 6 heteroatoms. The lowest BCUT2D eigenvalue weighted by Crippen LogP contribution is -2.43. The molecule has 0 saturated heterocycles. The standard InChI is InChI=1S/C11H17N3O3/c1-11(17,6-15)5-14-10(16)8-3-2-7(12)4-9(8)13/h2-4,15,17H,5-6,12-13H2,1H3,(H,14,16). The monoisotopic (exact) mass is 239 g/mol. The van der Waals surface area contributed by atoms with Crippen molar-refractivity contribution in [2.24, 2.45) is 0 Å². The van der Waals surface area contributed by atoms with Gasteiger partial charge >= 0.3 is 0 Å². The Labute approximate surface area is 99.2 Å². The van der Waals surface area contributed by atoms with Crippen molar-refractivity contribution in [2.45, 2.75) is 12.5 Å². The molecule has 0 bridgehead atoms. The first-order valence-corrected chi connectivity index (χ1v) is 5.12.